The number of hydrogen-bond acceptors (Lipinski definition) is 6. The van der Waals surface area contributed by atoms with Crippen LogP contribution in [0.5, 0.6) is 5.75 Å². The average Bonchev–Trinajstić information content (AvgIpc) is 3.17. The summed E-state index contributed by atoms with van der Waals surface area (Å²) in [6.07, 6.45) is 1.27. The maximum Gasteiger partial charge on any atom is 0.227 e. The van der Waals surface area contributed by atoms with E-state index in [4.69, 9.17) is 27.5 Å². The Morgan fingerprint density at radius 3 is 2.78 bits per heavy atom. The predicted octanol–water partition coefficient (Wildman–Crippen LogP) is 3.84. The van der Waals surface area contributed by atoms with Crippen molar-refractivity contribution in [3.8, 4) is 17.1 Å². The number of nitrogens with zero attached hydrogens (tertiary/aromatic N) is 3. The molecule has 1 amide bonds. The fourth-order valence-corrected chi connectivity index (χ4v) is 3.30. The molecule has 4 N–H and O–H groups in total. The number of aryl methyl sites for hydroxylation is 1. The van der Waals surface area contributed by atoms with E-state index in [1.165, 1.54) is 6.21 Å². The largest absolute Gasteiger partial charge is 0.489 e. The quantitative estimate of drug-likeness (QED) is 0.335. The number of anilines is 1. The van der Waals surface area contributed by atoms with Gasteiger partial charge in [0.05, 0.1) is 17.5 Å². The fourth-order valence-electron chi connectivity index (χ4n) is 3.13. The van der Waals surface area contributed by atoms with Crippen molar-refractivity contribution in [3.05, 3.63) is 58.4 Å². The van der Waals surface area contributed by atoms with Gasteiger partial charge in [-0.15, -0.1) is 0 Å². The summed E-state index contributed by atoms with van der Waals surface area (Å²) in [6.45, 7) is 6.72. The first kappa shape index (κ1) is 23.3. The number of nitrogen functional groups attached to an aromatic ring is 1. The molecule has 168 valence electrons. The van der Waals surface area contributed by atoms with E-state index in [-0.39, 0.29) is 18.4 Å². The molecule has 0 radical (unpaired) electrons. The van der Waals surface area contributed by atoms with Crippen molar-refractivity contribution in [1.82, 2.24) is 20.1 Å². The third kappa shape index (κ3) is 5.64. The molecule has 0 saturated carbocycles. The van der Waals surface area contributed by atoms with Crippen LogP contribution in [0, 0.1) is 5.41 Å². The van der Waals surface area contributed by atoms with Gasteiger partial charge in [0.25, 0.3) is 0 Å². The highest BCUT2D eigenvalue weighted by molar-refractivity contribution is 6.32. The third-order valence-corrected chi connectivity index (χ3v) is 5.03. The molecule has 2 aromatic carbocycles. The smallest absolute Gasteiger partial charge is 0.227 e. The maximum absolute atomic E-state index is 12.5. The second kappa shape index (κ2) is 10.3. The van der Waals surface area contributed by atoms with Crippen LogP contribution in [0.4, 0.5) is 5.69 Å². The van der Waals surface area contributed by atoms with E-state index in [1.807, 2.05) is 39.0 Å². The lowest BCUT2D eigenvalue weighted by Crippen LogP contribution is -2.26. The molecule has 0 fully saturated rings. The zero-order valence-electron chi connectivity index (χ0n) is 18.4. The van der Waals surface area contributed by atoms with Crippen LogP contribution in [-0.4, -0.2) is 33.0 Å². The SMILES string of the molecule is CCn1nc(-c2ccc(Cl)c(OC(C)C)c2)nc1CC(=O)NCc1ccc(N)c(C=N)c1. The summed E-state index contributed by atoms with van der Waals surface area (Å²) >= 11 is 6.23. The summed E-state index contributed by atoms with van der Waals surface area (Å²) in [5.74, 6) is 1.47. The summed E-state index contributed by atoms with van der Waals surface area (Å²) in [5, 5.41) is 15.3. The second-order valence-corrected chi connectivity index (χ2v) is 7.95. The maximum atomic E-state index is 12.5. The summed E-state index contributed by atoms with van der Waals surface area (Å²) in [5.41, 5.74) is 8.59. The fraction of sp³-hybridized carbons (Fsp3) is 0.304. The Hall–Kier alpha value is -3.39. The van der Waals surface area contributed by atoms with Crippen LogP contribution in [0.25, 0.3) is 11.4 Å². The Labute approximate surface area is 192 Å². The minimum absolute atomic E-state index is 0.0145. The summed E-state index contributed by atoms with van der Waals surface area (Å²) in [4.78, 5) is 17.1. The first-order valence-electron chi connectivity index (χ1n) is 10.4. The number of nitrogens with one attached hydrogen (secondary N) is 2. The normalized spacial score (nSPS) is 10.9. The molecule has 0 saturated heterocycles. The molecule has 0 unspecified atom stereocenters. The molecule has 0 aliphatic rings. The van der Waals surface area contributed by atoms with Crippen LogP contribution in [-0.2, 0) is 24.3 Å². The Bertz CT molecular complexity index is 1130. The van der Waals surface area contributed by atoms with Crippen LogP contribution in [0.1, 0.15) is 37.7 Å². The second-order valence-electron chi connectivity index (χ2n) is 7.54. The lowest BCUT2D eigenvalue weighted by molar-refractivity contribution is -0.120. The van der Waals surface area contributed by atoms with Gasteiger partial charge in [-0.2, -0.15) is 5.10 Å². The van der Waals surface area contributed by atoms with Gasteiger partial charge in [0.15, 0.2) is 5.82 Å². The Kier molecular flexibility index (Phi) is 7.48. The number of rotatable bonds is 9. The van der Waals surface area contributed by atoms with Gasteiger partial charge in [-0.1, -0.05) is 17.7 Å². The zero-order chi connectivity index (χ0) is 23.3. The molecular weight excluding hydrogens is 428 g/mol. The average molecular weight is 455 g/mol. The van der Waals surface area contributed by atoms with E-state index >= 15 is 0 Å². The lowest BCUT2D eigenvalue weighted by atomic mass is 10.1. The van der Waals surface area contributed by atoms with Gasteiger partial charge in [-0.25, -0.2) is 9.67 Å². The molecule has 0 bridgehead atoms. The number of aromatic nitrogens is 3. The van der Waals surface area contributed by atoms with Gasteiger partial charge in [-0.05, 0) is 56.7 Å². The van der Waals surface area contributed by atoms with E-state index in [2.05, 4.69) is 15.4 Å². The van der Waals surface area contributed by atoms with E-state index in [9.17, 15) is 4.79 Å². The van der Waals surface area contributed by atoms with Gasteiger partial charge in [0, 0.05) is 36.1 Å². The van der Waals surface area contributed by atoms with Crippen molar-refractivity contribution in [3.63, 3.8) is 0 Å². The number of carbonyl (C=O) groups is 1. The zero-order valence-corrected chi connectivity index (χ0v) is 19.1. The highest BCUT2D eigenvalue weighted by Crippen LogP contribution is 2.30. The topological polar surface area (TPSA) is 119 Å². The third-order valence-electron chi connectivity index (χ3n) is 4.71. The minimum atomic E-state index is -0.174. The van der Waals surface area contributed by atoms with Gasteiger partial charge in [0.1, 0.15) is 11.6 Å². The summed E-state index contributed by atoms with van der Waals surface area (Å²) in [7, 11) is 0. The molecule has 32 heavy (non-hydrogen) atoms. The Morgan fingerprint density at radius 2 is 2.09 bits per heavy atom. The van der Waals surface area contributed by atoms with E-state index in [1.54, 1.807) is 22.9 Å². The monoisotopic (exact) mass is 454 g/mol. The molecule has 3 aromatic rings. The number of hydrogen-bond donors (Lipinski definition) is 3. The van der Waals surface area contributed by atoms with Crippen LogP contribution in [0.15, 0.2) is 36.4 Å². The van der Waals surface area contributed by atoms with Crippen molar-refractivity contribution in [2.24, 2.45) is 0 Å². The number of amides is 1. The van der Waals surface area contributed by atoms with E-state index in [0.29, 0.717) is 46.8 Å². The minimum Gasteiger partial charge on any atom is -0.489 e. The standard InChI is InChI=1S/C23H27ClN6O2/c1-4-30-21(11-22(31)27-13-15-5-8-19(26)17(9-15)12-25)28-23(29-30)16-6-7-18(24)20(10-16)32-14(2)3/h5-10,12,14,25H,4,11,13,26H2,1-3H3,(H,27,31). The molecule has 8 nitrogen and oxygen atoms in total. The highest BCUT2D eigenvalue weighted by Gasteiger charge is 2.16. The molecule has 0 aliphatic heterocycles. The Morgan fingerprint density at radius 1 is 1.31 bits per heavy atom. The number of nitrogens with two attached hydrogens (primary N) is 1. The number of benzene rings is 2. The molecular formula is C23H27ClN6O2. The summed E-state index contributed by atoms with van der Waals surface area (Å²) < 4.78 is 7.46. The highest BCUT2D eigenvalue weighted by atomic mass is 35.5. The number of ether oxygens (including phenoxy) is 1. The van der Waals surface area contributed by atoms with Crippen LogP contribution >= 0.6 is 11.6 Å². The van der Waals surface area contributed by atoms with Gasteiger partial charge in [-0.3, -0.25) is 4.79 Å². The van der Waals surface area contributed by atoms with E-state index in [0.717, 1.165) is 11.1 Å². The molecule has 3 rings (SSSR count). The molecule has 0 atom stereocenters. The molecule has 0 spiro atoms. The molecule has 0 aliphatic carbocycles. The molecule has 9 heteroatoms. The Balaban J connectivity index is 1.73. The first-order valence-corrected chi connectivity index (χ1v) is 10.7. The lowest BCUT2D eigenvalue weighted by Gasteiger charge is -2.11. The number of carbonyl (C=O) groups excluding carboxylic acids is 1. The van der Waals surface area contributed by atoms with Crippen molar-refractivity contribution in [1.29, 1.82) is 5.41 Å². The van der Waals surface area contributed by atoms with Crippen molar-refractivity contribution < 1.29 is 9.53 Å². The van der Waals surface area contributed by atoms with Gasteiger partial charge in [0.2, 0.25) is 5.91 Å². The summed E-state index contributed by atoms with van der Waals surface area (Å²) in [6, 6.07) is 10.7. The van der Waals surface area contributed by atoms with Gasteiger partial charge < -0.3 is 21.2 Å². The van der Waals surface area contributed by atoms with Crippen molar-refractivity contribution in [2.75, 3.05) is 5.73 Å². The van der Waals surface area contributed by atoms with Crippen LogP contribution in [0.3, 0.4) is 0 Å². The number of halogens is 1. The van der Waals surface area contributed by atoms with Crippen molar-refractivity contribution in [2.45, 2.75) is 46.4 Å². The predicted molar refractivity (Wildman–Crippen MR) is 126 cm³/mol. The van der Waals surface area contributed by atoms with Crippen LogP contribution in [0.2, 0.25) is 5.02 Å². The van der Waals surface area contributed by atoms with Crippen molar-refractivity contribution >= 4 is 29.4 Å². The molecule has 1 heterocycles. The molecule has 1 aromatic heterocycles. The van der Waals surface area contributed by atoms with Gasteiger partial charge >= 0.3 is 0 Å². The van der Waals surface area contributed by atoms with E-state index < -0.39 is 0 Å². The first-order chi connectivity index (χ1) is 15.3. The van der Waals surface area contributed by atoms with Crippen LogP contribution < -0.4 is 15.8 Å².